The Morgan fingerprint density at radius 2 is 1.91 bits per heavy atom. The number of ether oxygens (including phenoxy) is 3. The lowest BCUT2D eigenvalue weighted by Crippen LogP contribution is -2.31. The number of aromatic nitrogens is 4. The highest BCUT2D eigenvalue weighted by Crippen LogP contribution is 2.40. The zero-order valence-corrected chi connectivity index (χ0v) is 17.3. The van der Waals surface area contributed by atoms with E-state index in [4.69, 9.17) is 24.9 Å². The first-order valence-corrected chi connectivity index (χ1v) is 10.3. The number of anilines is 1. The van der Waals surface area contributed by atoms with E-state index < -0.39 is 6.17 Å². The van der Waals surface area contributed by atoms with Crippen molar-refractivity contribution in [2.24, 2.45) is 10.7 Å². The fourth-order valence-electron chi connectivity index (χ4n) is 4.11. The Labute approximate surface area is 183 Å². The largest absolute Gasteiger partial charge is 0.497 e. The zero-order valence-electron chi connectivity index (χ0n) is 17.3. The molecule has 0 aliphatic carbocycles. The normalized spacial score (nSPS) is 17.3. The fourth-order valence-corrected chi connectivity index (χ4v) is 4.11. The third-order valence-electron chi connectivity index (χ3n) is 5.63. The fraction of sp³-hybridized carbons (Fsp3) is 0.227. The average Bonchev–Trinajstić information content (AvgIpc) is 3.35. The van der Waals surface area contributed by atoms with Crippen LogP contribution in [0.15, 0.2) is 47.6 Å². The number of imidazole rings is 1. The minimum atomic E-state index is -0.461. The zero-order chi connectivity index (χ0) is 21.7. The van der Waals surface area contributed by atoms with Gasteiger partial charge in [-0.05, 0) is 24.3 Å². The summed E-state index contributed by atoms with van der Waals surface area (Å²) in [5.41, 5.74) is 10.4. The molecule has 2 aliphatic rings. The topological polar surface area (TPSA) is 125 Å². The molecular formula is C22H21N7O3. The number of aromatic amines is 1. The maximum absolute atomic E-state index is 6.13. The Hall–Kier alpha value is -4.21. The van der Waals surface area contributed by atoms with Crippen LogP contribution in [0.2, 0.25) is 0 Å². The molecule has 0 amide bonds. The summed E-state index contributed by atoms with van der Waals surface area (Å²) in [7, 11) is 1.64. The molecule has 0 saturated heterocycles. The van der Waals surface area contributed by atoms with Gasteiger partial charge in [0.05, 0.1) is 43.2 Å². The smallest absolute Gasteiger partial charge is 0.212 e. The van der Waals surface area contributed by atoms with Gasteiger partial charge in [-0.25, -0.2) is 9.98 Å². The molecule has 0 spiro atoms. The Kier molecular flexibility index (Phi) is 4.17. The SMILES string of the molecule is COc1ccc(-c2[nH]ncc2[C@@H]2N=C(N)Nc3nc4cc5c(cc4n32)OCCCO5)cc1. The molecule has 162 valence electrons. The standard InChI is InChI=1S/C22H21N7O3/c1-30-13-5-3-12(4-6-13)19-14(11-24-28-19)20-26-21(23)27-22-25-15-9-17-18(10-16(15)29(20)22)32-8-2-7-31-17/h3-6,9-11,20H,2,7-8H2,1H3,(H,24,28)(H3,23,25,26,27)/t20-/m1/s1. The highest BCUT2D eigenvalue weighted by molar-refractivity contribution is 5.95. The highest BCUT2D eigenvalue weighted by atomic mass is 16.5. The van der Waals surface area contributed by atoms with Crippen LogP contribution in [0.4, 0.5) is 5.95 Å². The molecule has 0 saturated carbocycles. The van der Waals surface area contributed by atoms with E-state index in [-0.39, 0.29) is 5.96 Å². The number of nitrogens with zero attached hydrogens (tertiary/aromatic N) is 4. The van der Waals surface area contributed by atoms with Gasteiger partial charge in [0.15, 0.2) is 23.6 Å². The van der Waals surface area contributed by atoms with Crippen LogP contribution in [0.3, 0.4) is 0 Å². The summed E-state index contributed by atoms with van der Waals surface area (Å²) in [5, 5.41) is 10.5. The van der Waals surface area contributed by atoms with E-state index in [9.17, 15) is 0 Å². The van der Waals surface area contributed by atoms with E-state index in [0.717, 1.165) is 40.0 Å². The number of methoxy groups -OCH3 is 1. The van der Waals surface area contributed by atoms with Crippen molar-refractivity contribution < 1.29 is 14.2 Å². The van der Waals surface area contributed by atoms with Crippen LogP contribution in [-0.4, -0.2) is 46.0 Å². The van der Waals surface area contributed by atoms with Crippen LogP contribution in [0, 0.1) is 0 Å². The van der Waals surface area contributed by atoms with Crippen LogP contribution < -0.4 is 25.3 Å². The summed E-state index contributed by atoms with van der Waals surface area (Å²) in [4.78, 5) is 9.42. The minimum absolute atomic E-state index is 0.286. The van der Waals surface area contributed by atoms with Crippen LogP contribution in [0.5, 0.6) is 17.2 Å². The molecule has 4 aromatic rings. The summed E-state index contributed by atoms with van der Waals surface area (Å²) in [6, 6.07) is 11.6. The number of hydrogen-bond acceptors (Lipinski definition) is 8. The van der Waals surface area contributed by atoms with Crippen molar-refractivity contribution in [1.82, 2.24) is 19.7 Å². The Balaban J connectivity index is 1.50. The predicted molar refractivity (Wildman–Crippen MR) is 119 cm³/mol. The van der Waals surface area contributed by atoms with Gasteiger partial charge in [-0.2, -0.15) is 5.10 Å². The number of guanidine groups is 1. The molecule has 0 bridgehead atoms. The maximum atomic E-state index is 6.13. The lowest BCUT2D eigenvalue weighted by molar-refractivity contribution is 0.297. The lowest BCUT2D eigenvalue weighted by atomic mass is 10.1. The third kappa shape index (κ3) is 2.91. The van der Waals surface area contributed by atoms with Gasteiger partial charge in [0.1, 0.15) is 5.75 Å². The molecule has 2 aromatic heterocycles. The van der Waals surface area contributed by atoms with Gasteiger partial charge in [0.2, 0.25) is 5.95 Å². The van der Waals surface area contributed by atoms with Crippen molar-refractivity contribution in [3.8, 4) is 28.5 Å². The summed E-state index contributed by atoms with van der Waals surface area (Å²) < 4.78 is 19.0. The molecule has 0 radical (unpaired) electrons. The predicted octanol–water partition coefficient (Wildman–Crippen LogP) is 2.88. The molecule has 0 unspecified atom stereocenters. The van der Waals surface area contributed by atoms with Crippen LogP contribution in [0.1, 0.15) is 18.2 Å². The molecule has 4 N–H and O–H groups in total. The van der Waals surface area contributed by atoms with Crippen molar-refractivity contribution in [2.45, 2.75) is 12.6 Å². The van der Waals surface area contributed by atoms with Crippen molar-refractivity contribution in [3.63, 3.8) is 0 Å². The number of nitrogens with two attached hydrogens (primary N) is 1. The van der Waals surface area contributed by atoms with E-state index in [2.05, 4.69) is 20.5 Å². The van der Waals surface area contributed by atoms with Gasteiger partial charge in [-0.15, -0.1) is 0 Å². The second-order valence-electron chi connectivity index (χ2n) is 7.59. The number of hydrogen-bond donors (Lipinski definition) is 3. The molecule has 0 fully saturated rings. The lowest BCUT2D eigenvalue weighted by Gasteiger charge is -2.23. The van der Waals surface area contributed by atoms with Crippen LogP contribution >= 0.6 is 0 Å². The van der Waals surface area contributed by atoms with Gasteiger partial charge < -0.3 is 19.9 Å². The number of fused-ring (bicyclic) bond motifs is 4. The molecule has 2 aromatic carbocycles. The number of benzene rings is 2. The Morgan fingerprint density at radius 1 is 1.12 bits per heavy atom. The van der Waals surface area contributed by atoms with E-state index in [1.807, 2.05) is 41.0 Å². The van der Waals surface area contributed by atoms with Crippen LogP contribution in [0.25, 0.3) is 22.3 Å². The first-order chi connectivity index (χ1) is 15.7. The average molecular weight is 431 g/mol. The number of rotatable bonds is 3. The van der Waals surface area contributed by atoms with Crippen LogP contribution in [-0.2, 0) is 0 Å². The number of nitrogens with one attached hydrogen (secondary N) is 2. The first-order valence-electron chi connectivity index (χ1n) is 10.3. The van der Waals surface area contributed by atoms with E-state index >= 15 is 0 Å². The third-order valence-corrected chi connectivity index (χ3v) is 5.63. The second kappa shape index (κ2) is 7.19. The number of H-pyrrole nitrogens is 1. The Morgan fingerprint density at radius 3 is 2.69 bits per heavy atom. The van der Waals surface area contributed by atoms with Gasteiger partial charge in [0, 0.05) is 29.7 Å². The number of aliphatic imine (C=N–C) groups is 1. The van der Waals surface area contributed by atoms with E-state index in [1.54, 1.807) is 13.3 Å². The van der Waals surface area contributed by atoms with Gasteiger partial charge in [-0.1, -0.05) is 0 Å². The highest BCUT2D eigenvalue weighted by Gasteiger charge is 2.29. The van der Waals surface area contributed by atoms with Crippen molar-refractivity contribution in [1.29, 1.82) is 0 Å². The molecule has 10 heteroatoms. The maximum Gasteiger partial charge on any atom is 0.212 e. The van der Waals surface area contributed by atoms with Crippen molar-refractivity contribution in [3.05, 3.63) is 48.2 Å². The summed E-state index contributed by atoms with van der Waals surface area (Å²) in [6.45, 7) is 1.22. The molecule has 6 rings (SSSR count). The van der Waals surface area contributed by atoms with Gasteiger partial charge >= 0.3 is 0 Å². The molecule has 32 heavy (non-hydrogen) atoms. The molecular weight excluding hydrogens is 410 g/mol. The summed E-state index contributed by atoms with van der Waals surface area (Å²) in [6.07, 6.45) is 2.14. The second-order valence-corrected chi connectivity index (χ2v) is 7.59. The molecule has 10 nitrogen and oxygen atoms in total. The summed E-state index contributed by atoms with van der Waals surface area (Å²) >= 11 is 0. The van der Waals surface area contributed by atoms with E-state index in [0.29, 0.717) is 30.7 Å². The molecule has 4 heterocycles. The quantitative estimate of drug-likeness (QED) is 0.455. The molecule has 2 aliphatic heterocycles. The Bertz CT molecular complexity index is 1340. The van der Waals surface area contributed by atoms with Gasteiger partial charge in [-0.3, -0.25) is 15.0 Å². The molecule has 1 atom stereocenters. The van der Waals surface area contributed by atoms with Crippen molar-refractivity contribution in [2.75, 3.05) is 25.6 Å². The monoisotopic (exact) mass is 431 g/mol. The van der Waals surface area contributed by atoms with Gasteiger partial charge in [0.25, 0.3) is 0 Å². The summed E-state index contributed by atoms with van der Waals surface area (Å²) in [5.74, 6) is 3.05. The minimum Gasteiger partial charge on any atom is -0.497 e. The van der Waals surface area contributed by atoms with E-state index in [1.165, 1.54) is 0 Å². The van der Waals surface area contributed by atoms with Crippen molar-refractivity contribution >= 4 is 22.9 Å². The first kappa shape index (κ1) is 18.6.